The number of benzene rings is 1. The van der Waals surface area contributed by atoms with Crippen LogP contribution in [0.2, 0.25) is 0 Å². The molecule has 1 aromatic carbocycles. The maximum absolute atomic E-state index is 5.91. The van der Waals surface area contributed by atoms with Gasteiger partial charge in [0.15, 0.2) is 11.5 Å². The van der Waals surface area contributed by atoms with Gasteiger partial charge in [-0.1, -0.05) is 6.07 Å². The van der Waals surface area contributed by atoms with E-state index in [1.165, 1.54) is 0 Å². The fourth-order valence-corrected chi connectivity index (χ4v) is 2.03. The SMILES string of the molecule is COc1ccc(-c2nc3cccc(C)n3n2)cc1N. The van der Waals surface area contributed by atoms with Crippen molar-refractivity contribution in [2.45, 2.75) is 6.92 Å². The highest BCUT2D eigenvalue weighted by Crippen LogP contribution is 2.26. The van der Waals surface area contributed by atoms with Crippen molar-refractivity contribution < 1.29 is 4.74 Å². The summed E-state index contributed by atoms with van der Waals surface area (Å²) in [5.74, 6) is 1.31. The zero-order chi connectivity index (χ0) is 13.4. The Bertz CT molecular complexity index is 748. The van der Waals surface area contributed by atoms with Crippen LogP contribution in [0.4, 0.5) is 5.69 Å². The van der Waals surface area contributed by atoms with Crippen LogP contribution in [0.25, 0.3) is 17.0 Å². The number of aromatic nitrogens is 3. The Morgan fingerprint density at radius 1 is 1.21 bits per heavy atom. The first-order valence-corrected chi connectivity index (χ1v) is 5.95. The van der Waals surface area contributed by atoms with Crippen LogP contribution >= 0.6 is 0 Å². The van der Waals surface area contributed by atoms with E-state index in [0.717, 1.165) is 16.9 Å². The van der Waals surface area contributed by atoms with Gasteiger partial charge in [0.25, 0.3) is 0 Å². The molecule has 0 atom stereocenters. The summed E-state index contributed by atoms with van der Waals surface area (Å²) in [5, 5.41) is 4.49. The zero-order valence-corrected chi connectivity index (χ0v) is 10.8. The molecule has 0 aliphatic heterocycles. The van der Waals surface area contributed by atoms with Crippen molar-refractivity contribution in [2.24, 2.45) is 0 Å². The first kappa shape index (κ1) is 11.5. The van der Waals surface area contributed by atoms with Gasteiger partial charge in [0.1, 0.15) is 5.75 Å². The number of nitrogens with zero attached hydrogens (tertiary/aromatic N) is 3. The number of ether oxygens (including phenoxy) is 1. The zero-order valence-electron chi connectivity index (χ0n) is 10.8. The summed E-state index contributed by atoms with van der Waals surface area (Å²) in [4.78, 5) is 4.50. The van der Waals surface area contributed by atoms with Gasteiger partial charge < -0.3 is 10.5 Å². The van der Waals surface area contributed by atoms with E-state index >= 15 is 0 Å². The molecule has 0 amide bonds. The number of hydrogen-bond acceptors (Lipinski definition) is 4. The molecule has 0 saturated carbocycles. The molecule has 3 aromatic rings. The van der Waals surface area contributed by atoms with Crippen LogP contribution in [-0.2, 0) is 0 Å². The molecule has 0 unspecified atom stereocenters. The van der Waals surface area contributed by atoms with E-state index in [1.54, 1.807) is 7.11 Å². The number of pyridine rings is 1. The Morgan fingerprint density at radius 2 is 2.05 bits per heavy atom. The number of rotatable bonds is 2. The van der Waals surface area contributed by atoms with Gasteiger partial charge in [-0.3, -0.25) is 0 Å². The summed E-state index contributed by atoms with van der Waals surface area (Å²) in [6.45, 7) is 1.99. The third-order valence-electron chi connectivity index (χ3n) is 3.04. The number of nitrogen functional groups attached to an aromatic ring is 1. The average Bonchev–Trinajstić information content (AvgIpc) is 2.84. The second kappa shape index (κ2) is 4.28. The third-order valence-corrected chi connectivity index (χ3v) is 3.04. The molecule has 0 saturated heterocycles. The molecule has 5 nitrogen and oxygen atoms in total. The topological polar surface area (TPSA) is 65.4 Å². The van der Waals surface area contributed by atoms with E-state index in [1.807, 2.05) is 47.8 Å². The van der Waals surface area contributed by atoms with Gasteiger partial charge in [0.05, 0.1) is 12.8 Å². The first-order valence-electron chi connectivity index (χ1n) is 5.95. The van der Waals surface area contributed by atoms with Crippen LogP contribution in [0.5, 0.6) is 5.75 Å². The number of aryl methyl sites for hydroxylation is 1. The molecule has 2 aromatic heterocycles. The molecule has 3 rings (SSSR count). The Labute approximate surface area is 110 Å². The van der Waals surface area contributed by atoms with E-state index in [2.05, 4.69) is 10.1 Å². The van der Waals surface area contributed by atoms with E-state index in [0.29, 0.717) is 17.3 Å². The average molecular weight is 254 g/mol. The maximum atomic E-state index is 5.91. The predicted octanol–water partition coefficient (Wildman–Crippen LogP) is 2.30. The molecule has 0 radical (unpaired) electrons. The van der Waals surface area contributed by atoms with Crippen LogP contribution in [-0.4, -0.2) is 21.7 Å². The fraction of sp³-hybridized carbons (Fsp3) is 0.143. The normalized spacial score (nSPS) is 10.8. The lowest BCUT2D eigenvalue weighted by Gasteiger charge is -2.04. The van der Waals surface area contributed by atoms with Crippen molar-refractivity contribution in [1.82, 2.24) is 14.6 Å². The van der Waals surface area contributed by atoms with E-state index in [4.69, 9.17) is 10.5 Å². The molecule has 2 heterocycles. The minimum atomic E-state index is 0.579. The lowest BCUT2D eigenvalue weighted by molar-refractivity contribution is 0.417. The van der Waals surface area contributed by atoms with Gasteiger partial charge in [0, 0.05) is 11.3 Å². The number of methoxy groups -OCH3 is 1. The molecule has 0 aliphatic carbocycles. The minimum absolute atomic E-state index is 0.579. The highest BCUT2D eigenvalue weighted by atomic mass is 16.5. The highest BCUT2D eigenvalue weighted by molar-refractivity contribution is 5.67. The lowest BCUT2D eigenvalue weighted by atomic mass is 10.2. The largest absolute Gasteiger partial charge is 0.495 e. The van der Waals surface area contributed by atoms with E-state index in [-0.39, 0.29) is 0 Å². The van der Waals surface area contributed by atoms with Crippen molar-refractivity contribution in [3.63, 3.8) is 0 Å². The number of nitrogens with two attached hydrogens (primary N) is 1. The van der Waals surface area contributed by atoms with Crippen molar-refractivity contribution in [2.75, 3.05) is 12.8 Å². The molecule has 0 aliphatic rings. The first-order chi connectivity index (χ1) is 9.19. The molecular formula is C14H14N4O. The quantitative estimate of drug-likeness (QED) is 0.713. The Hall–Kier alpha value is -2.56. The molecule has 0 fully saturated rings. The fourth-order valence-electron chi connectivity index (χ4n) is 2.03. The summed E-state index contributed by atoms with van der Waals surface area (Å²) in [6.07, 6.45) is 0. The molecular weight excluding hydrogens is 240 g/mol. The minimum Gasteiger partial charge on any atom is -0.495 e. The van der Waals surface area contributed by atoms with Crippen molar-refractivity contribution in [3.8, 4) is 17.1 Å². The summed E-state index contributed by atoms with van der Waals surface area (Å²) in [5.41, 5.74) is 9.22. The van der Waals surface area contributed by atoms with Crippen LogP contribution in [0.3, 0.4) is 0 Å². The second-order valence-corrected chi connectivity index (χ2v) is 4.33. The van der Waals surface area contributed by atoms with Gasteiger partial charge >= 0.3 is 0 Å². The van der Waals surface area contributed by atoms with Gasteiger partial charge in [-0.15, -0.1) is 5.10 Å². The van der Waals surface area contributed by atoms with Crippen molar-refractivity contribution >= 4 is 11.3 Å². The van der Waals surface area contributed by atoms with Crippen molar-refractivity contribution in [3.05, 3.63) is 42.1 Å². The Morgan fingerprint density at radius 3 is 2.74 bits per heavy atom. The van der Waals surface area contributed by atoms with Crippen LogP contribution in [0.1, 0.15) is 5.69 Å². The predicted molar refractivity (Wildman–Crippen MR) is 74.1 cm³/mol. The van der Waals surface area contributed by atoms with Crippen LogP contribution in [0.15, 0.2) is 36.4 Å². The summed E-state index contributed by atoms with van der Waals surface area (Å²) < 4.78 is 6.96. The smallest absolute Gasteiger partial charge is 0.182 e. The standard InChI is InChI=1S/C14H14N4O/c1-9-4-3-5-13-16-14(17-18(9)13)10-6-7-12(19-2)11(15)8-10/h3-8H,15H2,1-2H3. The molecule has 0 spiro atoms. The number of anilines is 1. The molecule has 19 heavy (non-hydrogen) atoms. The molecule has 2 N–H and O–H groups in total. The number of fused-ring (bicyclic) bond motifs is 1. The van der Waals surface area contributed by atoms with E-state index < -0.39 is 0 Å². The monoisotopic (exact) mass is 254 g/mol. The highest BCUT2D eigenvalue weighted by Gasteiger charge is 2.09. The van der Waals surface area contributed by atoms with Crippen molar-refractivity contribution in [1.29, 1.82) is 0 Å². The Balaban J connectivity index is 2.14. The lowest BCUT2D eigenvalue weighted by Crippen LogP contribution is -1.94. The number of hydrogen-bond donors (Lipinski definition) is 1. The Kier molecular flexibility index (Phi) is 2.59. The second-order valence-electron chi connectivity index (χ2n) is 4.33. The van der Waals surface area contributed by atoms with Gasteiger partial charge in [-0.05, 0) is 37.3 Å². The van der Waals surface area contributed by atoms with Crippen LogP contribution < -0.4 is 10.5 Å². The summed E-state index contributed by atoms with van der Waals surface area (Å²) >= 11 is 0. The van der Waals surface area contributed by atoms with Gasteiger partial charge in [-0.2, -0.15) is 0 Å². The van der Waals surface area contributed by atoms with Gasteiger partial charge in [-0.25, -0.2) is 9.50 Å². The third kappa shape index (κ3) is 1.89. The molecule has 5 heteroatoms. The van der Waals surface area contributed by atoms with E-state index in [9.17, 15) is 0 Å². The maximum Gasteiger partial charge on any atom is 0.182 e. The van der Waals surface area contributed by atoms with Crippen LogP contribution in [0, 0.1) is 6.92 Å². The van der Waals surface area contributed by atoms with Gasteiger partial charge in [0.2, 0.25) is 0 Å². The molecule has 0 bridgehead atoms. The molecule has 96 valence electrons. The summed E-state index contributed by atoms with van der Waals surface area (Å²) in [6, 6.07) is 11.4. The summed E-state index contributed by atoms with van der Waals surface area (Å²) in [7, 11) is 1.60.